The molecule has 0 heterocycles. The third-order valence-electron chi connectivity index (χ3n) is 14.8. The number of unbranched alkanes of at least 4 members (excludes halogenated alkanes) is 1. The maximum absolute atomic E-state index is 14.7. The van der Waals surface area contributed by atoms with E-state index < -0.39 is 83.6 Å². The quantitative estimate of drug-likeness (QED) is 0.0204. The lowest BCUT2D eigenvalue weighted by Crippen LogP contribution is -2.60. The average Bonchev–Trinajstić information content (AvgIpc) is 3.38. The molecule has 76 heavy (non-hydrogen) atoms. The van der Waals surface area contributed by atoms with E-state index in [2.05, 4.69) is 46.9 Å². The van der Waals surface area contributed by atoms with Crippen LogP contribution in [0.1, 0.15) is 173 Å². The highest BCUT2D eigenvalue weighted by atomic mass is 16.2. The maximum Gasteiger partial charge on any atom is 0.243 e. The van der Waals surface area contributed by atoms with Gasteiger partial charge in [-0.15, -0.1) is 0 Å². The third-order valence-corrected chi connectivity index (χ3v) is 14.8. The molecule has 7 atom stereocenters. The van der Waals surface area contributed by atoms with Crippen LogP contribution in [0.3, 0.4) is 0 Å². The summed E-state index contributed by atoms with van der Waals surface area (Å²) in [6, 6.07) is -7.68. The SMILES string of the molecule is NCCCC[C@H](NC(=O)[C@@H](CCCN=C(N)N)NC(=O)[C@H](CC1CCCCC1)NC(=O)[C@@H](CCCN=C(N)N)NC(=O)[C@H](CC1CCCCC1)NC(=O)[C@@H](CCCN=C(N)N)NC(=O)[C@@H](N)CC1CCCCC1)C(N)=O. The fraction of sp³-hybridized carbons (Fsp3) is 0.804. The summed E-state index contributed by atoms with van der Waals surface area (Å²) in [5.74, 6) is -4.44. The summed E-state index contributed by atoms with van der Waals surface area (Å²) in [6.07, 6.45) is 17.9. The summed E-state index contributed by atoms with van der Waals surface area (Å²) in [4.78, 5) is 111. The van der Waals surface area contributed by atoms with Crippen LogP contribution in [0.2, 0.25) is 0 Å². The second-order valence-corrected chi connectivity index (χ2v) is 21.2. The van der Waals surface area contributed by atoms with E-state index in [1.165, 1.54) is 0 Å². The summed E-state index contributed by atoms with van der Waals surface area (Å²) in [7, 11) is 0. The van der Waals surface area contributed by atoms with Crippen molar-refractivity contribution in [1.29, 1.82) is 0 Å². The lowest BCUT2D eigenvalue weighted by atomic mass is 9.84. The molecule has 0 radical (unpaired) electrons. The number of nitrogens with one attached hydrogen (secondary N) is 6. The first-order chi connectivity index (χ1) is 36.4. The molecular formula is C51H96N18O7. The molecule has 0 aromatic rings. The number of nitrogens with two attached hydrogens (primary N) is 9. The Labute approximate surface area is 449 Å². The minimum Gasteiger partial charge on any atom is -0.370 e. The van der Waals surface area contributed by atoms with Gasteiger partial charge in [0.1, 0.15) is 36.3 Å². The summed E-state index contributed by atoms with van der Waals surface area (Å²) in [5.41, 5.74) is 51.3. The largest absolute Gasteiger partial charge is 0.370 e. The first-order valence-electron chi connectivity index (χ1n) is 28.1. The zero-order chi connectivity index (χ0) is 55.8. The van der Waals surface area contributed by atoms with Gasteiger partial charge in [-0.1, -0.05) is 96.3 Å². The molecule has 3 aliphatic rings. The Kier molecular flexibility index (Phi) is 30.6. The van der Waals surface area contributed by atoms with Gasteiger partial charge < -0.3 is 83.5 Å². The zero-order valence-electron chi connectivity index (χ0n) is 45.1. The van der Waals surface area contributed by atoms with Gasteiger partial charge in [-0.25, -0.2) is 0 Å². The van der Waals surface area contributed by atoms with Crippen molar-refractivity contribution >= 4 is 59.2 Å². The van der Waals surface area contributed by atoms with Crippen LogP contribution in [0.5, 0.6) is 0 Å². The Morgan fingerprint density at radius 3 is 0.987 bits per heavy atom. The van der Waals surface area contributed by atoms with Crippen molar-refractivity contribution in [2.75, 3.05) is 26.2 Å². The van der Waals surface area contributed by atoms with Gasteiger partial charge >= 0.3 is 0 Å². The van der Waals surface area contributed by atoms with E-state index in [1.54, 1.807) is 0 Å². The standard InChI is InChI=1S/C51H96N18O7/c52-25-11-10-21-36(42(54)70)64-44(72)38(23-13-27-62-50(57)58)66-47(75)41(31-34-19-8-3-9-20-34)69-46(74)39(24-14-28-63-51(59)60)67-48(76)40(30-33-17-6-2-7-18-33)68-45(73)37(22-12-26-61-49(55)56)65-43(71)35(53)29-32-15-4-1-5-16-32/h32-41H,1-31,52-53H2,(H2,54,70)(H,64,72)(H,65,71)(H,66,75)(H,67,76)(H,68,73)(H,69,74)(H4,55,56,61)(H4,57,58,62)(H4,59,60,63)/t35-,36-,37+,38+,39+,40-,41-/m0/s1. The molecule has 432 valence electrons. The van der Waals surface area contributed by atoms with Gasteiger partial charge in [0.05, 0.1) is 6.04 Å². The first-order valence-corrected chi connectivity index (χ1v) is 28.1. The molecular weight excluding hydrogens is 977 g/mol. The molecule has 0 aromatic heterocycles. The molecule has 3 saturated carbocycles. The Balaban J connectivity index is 1.96. The van der Waals surface area contributed by atoms with Crippen LogP contribution >= 0.6 is 0 Å². The molecule has 7 amide bonds. The normalized spacial score (nSPS) is 18.1. The molecule has 0 aliphatic heterocycles. The summed E-state index contributed by atoms with van der Waals surface area (Å²) in [6.45, 7) is 0.843. The molecule has 24 N–H and O–H groups in total. The van der Waals surface area contributed by atoms with Gasteiger partial charge in [0.2, 0.25) is 41.4 Å². The summed E-state index contributed by atoms with van der Waals surface area (Å²) < 4.78 is 0. The van der Waals surface area contributed by atoms with Gasteiger partial charge in [-0.2, -0.15) is 0 Å². The summed E-state index contributed by atoms with van der Waals surface area (Å²) in [5, 5.41) is 17.1. The highest BCUT2D eigenvalue weighted by Crippen LogP contribution is 2.30. The minimum atomic E-state index is -1.24. The molecule has 3 aliphatic carbocycles. The van der Waals surface area contributed by atoms with Crippen LogP contribution in [-0.2, 0) is 33.6 Å². The van der Waals surface area contributed by atoms with E-state index in [9.17, 15) is 33.6 Å². The van der Waals surface area contributed by atoms with Gasteiger partial charge in [0.15, 0.2) is 17.9 Å². The Morgan fingerprint density at radius 1 is 0.368 bits per heavy atom. The second-order valence-electron chi connectivity index (χ2n) is 21.2. The molecule has 3 fully saturated rings. The van der Waals surface area contributed by atoms with E-state index in [4.69, 9.17) is 51.6 Å². The van der Waals surface area contributed by atoms with E-state index in [-0.39, 0.29) is 101 Å². The van der Waals surface area contributed by atoms with Crippen LogP contribution in [0.15, 0.2) is 15.0 Å². The van der Waals surface area contributed by atoms with Gasteiger partial charge in [0.25, 0.3) is 0 Å². The number of guanidine groups is 3. The second kappa shape index (κ2) is 36.1. The molecule has 0 bridgehead atoms. The van der Waals surface area contributed by atoms with Crippen molar-refractivity contribution in [3.63, 3.8) is 0 Å². The van der Waals surface area contributed by atoms with Crippen LogP contribution in [-0.4, -0.2) is 128 Å². The van der Waals surface area contributed by atoms with E-state index in [1.807, 2.05) is 0 Å². The smallest absolute Gasteiger partial charge is 0.243 e. The lowest BCUT2D eigenvalue weighted by molar-refractivity contribution is -0.136. The fourth-order valence-electron chi connectivity index (χ4n) is 10.6. The Hall–Kier alpha value is -5.98. The third kappa shape index (κ3) is 26.2. The van der Waals surface area contributed by atoms with Gasteiger partial charge in [-0.05, 0) is 101 Å². The minimum absolute atomic E-state index is 0.0348. The van der Waals surface area contributed by atoms with Crippen LogP contribution in [0.25, 0.3) is 0 Å². The van der Waals surface area contributed by atoms with Crippen molar-refractivity contribution in [2.24, 2.45) is 84.3 Å². The van der Waals surface area contributed by atoms with E-state index >= 15 is 0 Å². The zero-order valence-corrected chi connectivity index (χ0v) is 45.1. The molecule has 25 nitrogen and oxygen atoms in total. The van der Waals surface area contributed by atoms with E-state index in [0.717, 1.165) is 96.3 Å². The number of nitrogens with zero attached hydrogens (tertiary/aromatic N) is 3. The number of primary amides is 1. The van der Waals surface area contributed by atoms with Crippen molar-refractivity contribution < 1.29 is 33.6 Å². The predicted octanol–water partition coefficient (Wildman–Crippen LogP) is -1.09. The van der Waals surface area contributed by atoms with E-state index in [0.29, 0.717) is 38.1 Å². The Morgan fingerprint density at radius 2 is 0.658 bits per heavy atom. The number of hydrogen-bond donors (Lipinski definition) is 15. The highest BCUT2D eigenvalue weighted by Gasteiger charge is 2.36. The average molecular weight is 1070 g/mol. The molecule has 0 aromatic carbocycles. The van der Waals surface area contributed by atoms with Crippen LogP contribution < -0.4 is 83.5 Å². The predicted molar refractivity (Wildman–Crippen MR) is 295 cm³/mol. The molecule has 3 rings (SSSR count). The lowest BCUT2D eigenvalue weighted by Gasteiger charge is -2.31. The number of hydrogen-bond acceptors (Lipinski definition) is 12. The van der Waals surface area contributed by atoms with Crippen molar-refractivity contribution in [3.05, 3.63) is 0 Å². The Bertz CT molecular complexity index is 1890. The molecule has 0 saturated heterocycles. The number of aliphatic imine (C=N–C) groups is 3. The molecule has 0 spiro atoms. The molecule has 25 heteroatoms. The number of amides is 7. The summed E-state index contributed by atoms with van der Waals surface area (Å²) >= 11 is 0. The first kappa shape index (κ1) is 64.3. The topological polar surface area (TPSA) is 463 Å². The van der Waals surface area contributed by atoms with Gasteiger partial charge in [-0.3, -0.25) is 48.5 Å². The number of rotatable bonds is 35. The number of carbonyl (C=O) groups excluding carboxylic acids is 7. The van der Waals surface area contributed by atoms with Crippen molar-refractivity contribution in [1.82, 2.24) is 31.9 Å². The van der Waals surface area contributed by atoms with Crippen molar-refractivity contribution in [3.8, 4) is 0 Å². The maximum atomic E-state index is 14.7. The van der Waals surface area contributed by atoms with Crippen LogP contribution in [0, 0.1) is 17.8 Å². The highest BCUT2D eigenvalue weighted by molar-refractivity contribution is 5.97. The fourth-order valence-corrected chi connectivity index (χ4v) is 10.6. The van der Waals surface area contributed by atoms with Crippen molar-refractivity contribution in [2.45, 2.75) is 216 Å². The van der Waals surface area contributed by atoms with Crippen LogP contribution in [0.4, 0.5) is 0 Å². The monoisotopic (exact) mass is 1070 g/mol. The number of carbonyl (C=O) groups is 7. The molecule has 0 unspecified atom stereocenters. The van der Waals surface area contributed by atoms with Gasteiger partial charge in [0, 0.05) is 19.6 Å².